The molecule has 0 unspecified atom stereocenters. The molecule has 2 heterocycles. The minimum atomic E-state index is -4.89. The molecule has 1 saturated heterocycles. The Labute approximate surface area is 227 Å². The van der Waals surface area contributed by atoms with Gasteiger partial charge in [-0.05, 0) is 26.0 Å². The van der Waals surface area contributed by atoms with Crippen molar-refractivity contribution in [1.29, 1.82) is 0 Å². The third kappa shape index (κ3) is 10.4. The maximum atomic E-state index is 12.5. The fourth-order valence-corrected chi connectivity index (χ4v) is 3.77. The molecule has 0 spiro atoms. The molecule has 13 nitrogen and oxygen atoms in total. The average Bonchev–Trinajstić information content (AvgIpc) is 3.39. The average molecular weight is 576 g/mol. The van der Waals surface area contributed by atoms with E-state index in [1.165, 1.54) is 13.5 Å². The number of aromatic nitrogens is 1. The lowest BCUT2D eigenvalue weighted by Gasteiger charge is -2.38. The van der Waals surface area contributed by atoms with Crippen molar-refractivity contribution in [3.63, 3.8) is 0 Å². The molecule has 3 rings (SSSR count). The van der Waals surface area contributed by atoms with Gasteiger partial charge in [0.25, 0.3) is 6.29 Å². The molecular weight excluding hydrogens is 543 g/mol. The number of methoxy groups -OCH3 is 1. The lowest BCUT2D eigenvalue weighted by Crippen LogP contribution is -2.57. The van der Waals surface area contributed by atoms with E-state index in [1.54, 1.807) is 24.4 Å². The maximum absolute atomic E-state index is 12.5. The number of anilines is 1. The number of halogens is 3. The van der Waals surface area contributed by atoms with E-state index in [2.05, 4.69) is 20.5 Å². The number of carboxylic acids is 1. The summed E-state index contributed by atoms with van der Waals surface area (Å²) in [6, 6.07) is 4.96. The van der Waals surface area contributed by atoms with E-state index >= 15 is 0 Å². The van der Waals surface area contributed by atoms with Gasteiger partial charge in [-0.1, -0.05) is 0 Å². The van der Waals surface area contributed by atoms with Crippen molar-refractivity contribution in [2.75, 3.05) is 51.7 Å². The van der Waals surface area contributed by atoms with Gasteiger partial charge in [0.05, 0.1) is 25.4 Å². The molecule has 1 aromatic carbocycles. The molecule has 0 radical (unpaired) electrons. The van der Waals surface area contributed by atoms with Crippen molar-refractivity contribution in [2.24, 2.45) is 0 Å². The zero-order valence-corrected chi connectivity index (χ0v) is 22.1. The van der Waals surface area contributed by atoms with Gasteiger partial charge in [0.2, 0.25) is 0 Å². The Balaban J connectivity index is 0.000000708. The highest BCUT2D eigenvalue weighted by molar-refractivity contribution is 6.39. The number of alkyl halides is 3. The Morgan fingerprint density at radius 3 is 2.20 bits per heavy atom. The number of ether oxygens (including phenoxy) is 1. The lowest BCUT2D eigenvalue weighted by atomic mass is 10.0. The van der Waals surface area contributed by atoms with E-state index in [9.17, 15) is 27.6 Å². The summed E-state index contributed by atoms with van der Waals surface area (Å²) in [5.41, 5.74) is 0.418. The van der Waals surface area contributed by atoms with Gasteiger partial charge in [0.15, 0.2) is 12.2 Å². The number of nitrogens with zero attached hydrogens (tertiary/aromatic N) is 3. The normalized spacial score (nSPS) is 14.7. The van der Waals surface area contributed by atoms with Crippen LogP contribution in [0.1, 0.15) is 13.8 Å². The summed E-state index contributed by atoms with van der Waals surface area (Å²) >= 11 is 0. The molecule has 0 saturated carbocycles. The van der Waals surface area contributed by atoms with Crippen LogP contribution in [0.3, 0.4) is 0 Å². The van der Waals surface area contributed by atoms with Gasteiger partial charge < -0.3 is 35.1 Å². The minimum Gasteiger partial charge on any atom is -0.496 e. The Hall–Kier alpha value is -3.73. The molecule has 0 aliphatic carbocycles. The van der Waals surface area contributed by atoms with Gasteiger partial charge in [0.1, 0.15) is 5.75 Å². The predicted molar refractivity (Wildman–Crippen MR) is 134 cm³/mol. The summed E-state index contributed by atoms with van der Waals surface area (Å²) in [7, 11) is 1.50. The number of rotatable bonds is 8. The van der Waals surface area contributed by atoms with Gasteiger partial charge in [-0.2, -0.15) is 13.2 Å². The number of carbonyl (C=O) groups excluding carboxylic acids is 2. The van der Waals surface area contributed by atoms with Crippen LogP contribution in [0.15, 0.2) is 35.2 Å². The van der Waals surface area contributed by atoms with E-state index in [1.807, 2.05) is 18.7 Å². The number of aliphatic carboxylic acids is 1. The van der Waals surface area contributed by atoms with Crippen LogP contribution in [0, 0.1) is 0 Å². The predicted octanol–water partition coefficient (Wildman–Crippen LogP) is 0.745. The molecule has 0 bridgehead atoms. The first-order valence-electron chi connectivity index (χ1n) is 11.9. The lowest BCUT2D eigenvalue weighted by molar-refractivity contribution is -0.275. The highest BCUT2D eigenvalue weighted by Gasteiger charge is 2.36. The van der Waals surface area contributed by atoms with Crippen molar-refractivity contribution in [3.05, 3.63) is 30.8 Å². The van der Waals surface area contributed by atoms with Gasteiger partial charge in [-0.3, -0.25) is 24.2 Å². The monoisotopic (exact) mass is 575 g/mol. The molecule has 1 aliphatic heterocycles. The van der Waals surface area contributed by atoms with Gasteiger partial charge in [0, 0.05) is 50.0 Å². The number of nitrogens with one attached hydrogen (secondary N) is 2. The van der Waals surface area contributed by atoms with Crippen molar-refractivity contribution in [1.82, 2.24) is 20.1 Å². The molecule has 40 heavy (non-hydrogen) atoms. The maximum Gasteiger partial charge on any atom is 0.439 e. The topological polar surface area (TPSA) is 178 Å². The molecular formula is C24H32F3N5O8. The van der Waals surface area contributed by atoms with E-state index in [0.717, 1.165) is 0 Å². The molecule has 16 heteroatoms. The molecule has 1 aromatic heterocycles. The zero-order valence-electron chi connectivity index (χ0n) is 22.1. The number of amides is 2. The number of aliphatic hydroxyl groups is 2. The summed E-state index contributed by atoms with van der Waals surface area (Å²) in [4.78, 5) is 43.7. The van der Waals surface area contributed by atoms with Crippen molar-refractivity contribution in [2.45, 2.75) is 31.9 Å². The molecule has 222 valence electrons. The largest absolute Gasteiger partial charge is 0.496 e. The Bertz CT molecular complexity index is 1130. The van der Waals surface area contributed by atoms with Crippen LogP contribution in [-0.2, 0) is 14.4 Å². The number of benzene rings is 1. The van der Waals surface area contributed by atoms with E-state index < -0.39 is 35.8 Å². The van der Waals surface area contributed by atoms with Crippen molar-refractivity contribution in [3.8, 4) is 17.1 Å². The molecule has 1 fully saturated rings. The molecule has 2 aromatic rings. The molecule has 1 aliphatic rings. The van der Waals surface area contributed by atoms with Crippen molar-refractivity contribution < 1.29 is 52.0 Å². The van der Waals surface area contributed by atoms with Crippen LogP contribution in [-0.4, -0.2) is 112 Å². The second-order valence-corrected chi connectivity index (χ2v) is 9.43. The van der Waals surface area contributed by atoms with E-state index in [4.69, 9.17) is 24.5 Å². The zero-order chi connectivity index (χ0) is 30.1. The highest BCUT2D eigenvalue weighted by atomic mass is 19.4. The Morgan fingerprint density at radius 1 is 1.10 bits per heavy atom. The van der Waals surface area contributed by atoms with Crippen LogP contribution in [0.4, 0.5) is 18.9 Å². The molecule has 0 atom stereocenters. The number of hydrogen-bond acceptors (Lipinski definition) is 10. The number of carbonyl (C=O) groups is 3. The highest BCUT2D eigenvalue weighted by Crippen LogP contribution is 2.32. The summed E-state index contributed by atoms with van der Waals surface area (Å²) in [6.45, 7) is 6.91. The smallest absolute Gasteiger partial charge is 0.439 e. The first-order valence-corrected chi connectivity index (χ1v) is 11.9. The number of hydrogen-bond donors (Lipinski definition) is 5. The quantitative estimate of drug-likeness (QED) is 0.222. The Morgan fingerprint density at radius 2 is 1.70 bits per heavy atom. The third-order valence-corrected chi connectivity index (χ3v) is 5.55. The second-order valence-electron chi connectivity index (χ2n) is 9.43. The van der Waals surface area contributed by atoms with Gasteiger partial charge >= 0.3 is 24.0 Å². The van der Waals surface area contributed by atoms with Crippen LogP contribution >= 0.6 is 0 Å². The number of piperazine rings is 1. The summed E-state index contributed by atoms with van der Waals surface area (Å²) < 4.78 is 42.7. The SMILES string of the molecule is COc1cc(NC(=O)C(=O)NC(C)(C)CN2CCN(CC(=O)O)CC2)ccc1-c1cnco1.OC(O)C(F)(F)F. The van der Waals surface area contributed by atoms with Gasteiger partial charge in [-0.25, -0.2) is 4.98 Å². The number of oxazole rings is 1. The van der Waals surface area contributed by atoms with Crippen LogP contribution in [0.2, 0.25) is 0 Å². The summed E-state index contributed by atoms with van der Waals surface area (Å²) in [5.74, 6) is -1.39. The van der Waals surface area contributed by atoms with Crippen molar-refractivity contribution >= 4 is 23.5 Å². The fourth-order valence-electron chi connectivity index (χ4n) is 3.77. The van der Waals surface area contributed by atoms with Crippen LogP contribution in [0.5, 0.6) is 5.75 Å². The van der Waals surface area contributed by atoms with E-state index in [0.29, 0.717) is 55.5 Å². The molecule has 2 amide bonds. The first-order chi connectivity index (χ1) is 18.6. The first kappa shape index (κ1) is 32.5. The Kier molecular flexibility index (Phi) is 11.4. The fraction of sp³-hybridized carbons (Fsp3) is 0.500. The van der Waals surface area contributed by atoms with Crippen LogP contribution in [0.25, 0.3) is 11.3 Å². The minimum absolute atomic E-state index is 0.0261. The second kappa shape index (κ2) is 14.1. The van der Waals surface area contributed by atoms with Crippen LogP contribution < -0.4 is 15.4 Å². The van der Waals surface area contributed by atoms with Gasteiger partial charge in [-0.15, -0.1) is 0 Å². The standard InChI is InChI=1S/C22H29N5O6.C2H3F3O2/c1-22(2,13-27-8-6-26(7-9-27)12-19(28)29)25-21(31)20(30)24-15-4-5-16(17(10-15)32-3)18-11-23-14-33-18;3-2(4,5)1(6)7/h4-5,10-11,14H,6-9,12-13H2,1-3H3,(H,24,30)(H,25,31)(H,28,29);1,6-7H. The summed E-state index contributed by atoms with van der Waals surface area (Å²) in [6.07, 6.45) is -5.23. The number of carboxylic acid groups (broad SMARTS) is 1. The number of aliphatic hydroxyl groups excluding tert-OH is 1. The third-order valence-electron chi connectivity index (χ3n) is 5.55. The summed E-state index contributed by atoms with van der Waals surface area (Å²) in [5, 5.41) is 28.9. The van der Waals surface area contributed by atoms with E-state index in [-0.39, 0.29) is 6.54 Å². The molecule has 5 N–H and O–H groups in total.